The van der Waals surface area contributed by atoms with Crippen LogP contribution >= 0.6 is 0 Å². The molecular weight excluding hydrogens is 276 g/mol. The molecule has 1 atom stereocenters. The van der Waals surface area contributed by atoms with Crippen molar-refractivity contribution in [1.29, 1.82) is 0 Å². The van der Waals surface area contributed by atoms with E-state index >= 15 is 0 Å². The van der Waals surface area contributed by atoms with Gasteiger partial charge in [0.1, 0.15) is 0 Å². The average Bonchev–Trinajstić information content (AvgIpc) is 2.78. The summed E-state index contributed by atoms with van der Waals surface area (Å²) in [7, 11) is 3.88. The van der Waals surface area contributed by atoms with Crippen LogP contribution in [-0.4, -0.2) is 60.1 Å². The van der Waals surface area contributed by atoms with Crippen LogP contribution in [0, 0.1) is 0 Å². The molecule has 122 valence electrons. The molecule has 1 N–H and O–H groups in total. The van der Waals surface area contributed by atoms with Gasteiger partial charge in [0.2, 0.25) is 0 Å². The van der Waals surface area contributed by atoms with Crippen LogP contribution in [-0.2, 0) is 5.41 Å². The first-order valence-corrected chi connectivity index (χ1v) is 7.88. The maximum atomic E-state index is 12.6. The summed E-state index contributed by atoms with van der Waals surface area (Å²) >= 11 is 0. The van der Waals surface area contributed by atoms with Crippen molar-refractivity contribution in [1.82, 2.24) is 9.80 Å². The number of benzene rings is 1. The molecule has 4 heteroatoms. The number of aliphatic hydroxyl groups is 1. The van der Waals surface area contributed by atoms with Crippen molar-refractivity contribution in [2.45, 2.75) is 38.2 Å². The highest BCUT2D eigenvalue weighted by molar-refractivity contribution is 5.94. The molecule has 1 aromatic carbocycles. The topological polar surface area (TPSA) is 43.8 Å². The molecule has 0 saturated carbocycles. The number of β-amino-alcohol motifs (C(OH)–C–C–N with tert-alkyl or cyclic N) is 1. The zero-order valence-electron chi connectivity index (χ0n) is 14.4. The number of carbonyl (C=O) groups excluding carboxylic acids is 1. The van der Waals surface area contributed by atoms with E-state index in [0.29, 0.717) is 31.6 Å². The Balaban J connectivity index is 2.07. The number of hydrogen-bond acceptors (Lipinski definition) is 3. The van der Waals surface area contributed by atoms with Gasteiger partial charge in [-0.2, -0.15) is 0 Å². The Bertz CT molecular complexity index is 531. The van der Waals surface area contributed by atoms with Crippen molar-refractivity contribution < 1.29 is 9.90 Å². The fraction of sp³-hybridized carbons (Fsp3) is 0.611. The van der Waals surface area contributed by atoms with E-state index in [1.165, 1.54) is 5.56 Å². The molecule has 0 aliphatic carbocycles. The van der Waals surface area contributed by atoms with Gasteiger partial charge < -0.3 is 14.9 Å². The van der Waals surface area contributed by atoms with Gasteiger partial charge in [0.25, 0.3) is 5.91 Å². The molecule has 1 aliphatic rings. The summed E-state index contributed by atoms with van der Waals surface area (Å²) in [5.74, 6) is 0.00939. The number of likely N-dealkylation sites (N-methyl/N-ethyl adjacent to an activating group) is 1. The van der Waals surface area contributed by atoms with Crippen molar-refractivity contribution >= 4 is 5.91 Å². The van der Waals surface area contributed by atoms with Crippen molar-refractivity contribution in [2.75, 3.05) is 33.7 Å². The van der Waals surface area contributed by atoms with Crippen LogP contribution in [0.15, 0.2) is 24.3 Å². The minimum Gasteiger partial charge on any atom is -0.387 e. The van der Waals surface area contributed by atoms with Crippen LogP contribution < -0.4 is 0 Å². The summed E-state index contributed by atoms with van der Waals surface area (Å²) in [6, 6.07) is 7.84. The second-order valence-electron chi connectivity index (χ2n) is 7.77. The molecule has 0 unspecified atom stereocenters. The summed E-state index contributed by atoms with van der Waals surface area (Å²) in [5.41, 5.74) is 1.21. The average molecular weight is 304 g/mol. The number of carbonyl (C=O) groups is 1. The maximum absolute atomic E-state index is 12.6. The second kappa shape index (κ2) is 6.01. The highest BCUT2D eigenvalue weighted by atomic mass is 16.3. The lowest BCUT2D eigenvalue weighted by molar-refractivity contribution is 0.0236. The summed E-state index contributed by atoms with van der Waals surface area (Å²) in [6.45, 7) is 8.08. The van der Waals surface area contributed by atoms with E-state index in [9.17, 15) is 9.90 Å². The van der Waals surface area contributed by atoms with Gasteiger partial charge in [0, 0.05) is 18.7 Å². The maximum Gasteiger partial charge on any atom is 0.253 e. The lowest BCUT2D eigenvalue weighted by Gasteiger charge is -2.26. The standard InChI is InChI=1S/C18H28N2O2/c1-17(2,3)15-8-6-14(7-9-15)16(21)20-11-10-18(22,13-20)12-19(4)5/h6-9,22H,10-13H2,1-5H3/t18-/m1/s1. The Morgan fingerprint density at radius 2 is 1.86 bits per heavy atom. The van der Waals surface area contributed by atoms with Gasteiger partial charge in [-0.25, -0.2) is 0 Å². The number of rotatable bonds is 3. The van der Waals surface area contributed by atoms with Gasteiger partial charge >= 0.3 is 0 Å². The molecular formula is C18H28N2O2. The van der Waals surface area contributed by atoms with Gasteiger partial charge in [-0.05, 0) is 43.6 Å². The van der Waals surface area contributed by atoms with Crippen LogP contribution in [0.1, 0.15) is 43.1 Å². The fourth-order valence-electron chi connectivity index (χ4n) is 3.04. The van der Waals surface area contributed by atoms with E-state index in [0.717, 1.165) is 0 Å². The molecule has 22 heavy (non-hydrogen) atoms. The quantitative estimate of drug-likeness (QED) is 0.930. The SMILES string of the molecule is CN(C)C[C@]1(O)CCN(C(=O)c2ccc(C(C)(C)C)cc2)C1. The van der Waals surface area contributed by atoms with E-state index in [1.54, 1.807) is 4.90 Å². The van der Waals surface area contributed by atoms with Crippen molar-refractivity contribution in [2.24, 2.45) is 0 Å². The van der Waals surface area contributed by atoms with Crippen LogP contribution in [0.3, 0.4) is 0 Å². The third-order valence-corrected chi connectivity index (χ3v) is 4.23. The Hall–Kier alpha value is -1.39. The fourth-order valence-corrected chi connectivity index (χ4v) is 3.04. The molecule has 1 saturated heterocycles. The van der Waals surface area contributed by atoms with Crippen LogP contribution in [0.4, 0.5) is 0 Å². The third-order valence-electron chi connectivity index (χ3n) is 4.23. The highest BCUT2D eigenvalue weighted by Crippen LogP contribution is 2.25. The highest BCUT2D eigenvalue weighted by Gasteiger charge is 2.38. The van der Waals surface area contributed by atoms with E-state index in [4.69, 9.17) is 0 Å². The van der Waals surface area contributed by atoms with Crippen LogP contribution in [0.2, 0.25) is 0 Å². The minimum absolute atomic E-state index is 0.00939. The molecule has 1 aromatic rings. The Morgan fingerprint density at radius 3 is 2.36 bits per heavy atom. The molecule has 0 aromatic heterocycles. The third kappa shape index (κ3) is 3.87. The normalized spacial score (nSPS) is 22.4. The van der Waals surface area contributed by atoms with Crippen molar-refractivity contribution in [3.05, 3.63) is 35.4 Å². The lowest BCUT2D eigenvalue weighted by Crippen LogP contribution is -2.43. The lowest BCUT2D eigenvalue weighted by atomic mass is 9.86. The van der Waals surface area contributed by atoms with E-state index < -0.39 is 5.60 Å². The van der Waals surface area contributed by atoms with Crippen LogP contribution in [0.5, 0.6) is 0 Å². The first-order chi connectivity index (χ1) is 10.1. The largest absolute Gasteiger partial charge is 0.387 e. The van der Waals surface area contributed by atoms with E-state index in [-0.39, 0.29) is 11.3 Å². The smallest absolute Gasteiger partial charge is 0.253 e. The molecule has 0 radical (unpaired) electrons. The predicted molar refractivity (Wildman–Crippen MR) is 89.2 cm³/mol. The molecule has 0 bridgehead atoms. The zero-order valence-corrected chi connectivity index (χ0v) is 14.4. The number of hydrogen-bond donors (Lipinski definition) is 1. The monoisotopic (exact) mass is 304 g/mol. The predicted octanol–water partition coefficient (Wildman–Crippen LogP) is 2.12. The molecule has 1 fully saturated rings. The molecule has 0 spiro atoms. The van der Waals surface area contributed by atoms with Crippen molar-refractivity contribution in [3.63, 3.8) is 0 Å². The Kier molecular flexibility index (Phi) is 4.64. The molecule has 4 nitrogen and oxygen atoms in total. The van der Waals surface area contributed by atoms with Gasteiger partial charge in [-0.1, -0.05) is 32.9 Å². The minimum atomic E-state index is -0.787. The first kappa shape index (κ1) is 17.0. The number of amides is 1. The van der Waals surface area contributed by atoms with E-state index in [1.807, 2.05) is 43.3 Å². The summed E-state index contributed by atoms with van der Waals surface area (Å²) < 4.78 is 0. The first-order valence-electron chi connectivity index (χ1n) is 7.88. The summed E-state index contributed by atoms with van der Waals surface area (Å²) in [6.07, 6.45) is 0.636. The molecule has 1 aliphatic heterocycles. The zero-order chi connectivity index (χ0) is 16.5. The number of nitrogens with zero attached hydrogens (tertiary/aromatic N) is 2. The second-order valence-corrected chi connectivity index (χ2v) is 7.77. The summed E-state index contributed by atoms with van der Waals surface area (Å²) in [5, 5.41) is 10.5. The van der Waals surface area contributed by atoms with Gasteiger partial charge in [0.05, 0.1) is 12.1 Å². The molecule has 1 heterocycles. The van der Waals surface area contributed by atoms with Gasteiger partial charge in [-0.15, -0.1) is 0 Å². The Morgan fingerprint density at radius 1 is 1.27 bits per heavy atom. The summed E-state index contributed by atoms with van der Waals surface area (Å²) in [4.78, 5) is 16.3. The van der Waals surface area contributed by atoms with Gasteiger partial charge in [-0.3, -0.25) is 4.79 Å². The number of likely N-dealkylation sites (tertiary alicyclic amines) is 1. The molecule has 1 amide bonds. The van der Waals surface area contributed by atoms with Gasteiger partial charge in [0.15, 0.2) is 0 Å². The van der Waals surface area contributed by atoms with Crippen molar-refractivity contribution in [3.8, 4) is 0 Å². The molecule has 2 rings (SSSR count). The Labute approximate surface area is 133 Å². The van der Waals surface area contributed by atoms with Crippen LogP contribution in [0.25, 0.3) is 0 Å². The van der Waals surface area contributed by atoms with E-state index in [2.05, 4.69) is 20.8 Å².